The largest absolute Gasteiger partial charge is 0.497 e. The molecule has 0 aromatic heterocycles. The Morgan fingerprint density at radius 3 is 2.33 bits per heavy atom. The van der Waals surface area contributed by atoms with E-state index in [2.05, 4.69) is 21.2 Å². The average Bonchev–Trinajstić information content (AvgIpc) is 2.50. The fourth-order valence-electron chi connectivity index (χ4n) is 1.71. The van der Waals surface area contributed by atoms with Crippen molar-refractivity contribution in [2.24, 2.45) is 0 Å². The molecule has 0 aliphatic heterocycles. The van der Waals surface area contributed by atoms with E-state index in [4.69, 9.17) is 9.47 Å². The van der Waals surface area contributed by atoms with Gasteiger partial charge in [0.2, 0.25) is 0 Å². The fourth-order valence-corrected chi connectivity index (χ4v) is 2.09. The summed E-state index contributed by atoms with van der Waals surface area (Å²) in [5.41, 5.74) is 0.715. The molecule has 0 spiro atoms. The van der Waals surface area contributed by atoms with Crippen molar-refractivity contribution in [2.75, 3.05) is 12.4 Å². The number of anilines is 1. The molecule has 4 nitrogen and oxygen atoms in total. The van der Waals surface area contributed by atoms with Crippen LogP contribution in [0, 0.1) is 0 Å². The summed E-state index contributed by atoms with van der Waals surface area (Å²) in [7, 11) is 1.60. The molecule has 0 unspecified atom stereocenters. The molecule has 0 aliphatic carbocycles. The number of rotatable bonds is 5. The van der Waals surface area contributed by atoms with Crippen LogP contribution in [0.1, 0.15) is 6.92 Å². The molecule has 1 N–H and O–H groups in total. The molecule has 0 saturated carbocycles. The van der Waals surface area contributed by atoms with Crippen molar-refractivity contribution in [2.45, 2.75) is 13.0 Å². The minimum absolute atomic E-state index is 0.210. The van der Waals surface area contributed by atoms with Crippen molar-refractivity contribution in [1.29, 1.82) is 0 Å². The molecule has 110 valence electrons. The zero-order valence-electron chi connectivity index (χ0n) is 11.8. The van der Waals surface area contributed by atoms with E-state index in [-0.39, 0.29) is 5.91 Å². The number of carbonyl (C=O) groups is 1. The Bertz CT molecular complexity index is 613. The first-order valence-corrected chi connectivity index (χ1v) is 7.25. The average molecular weight is 350 g/mol. The summed E-state index contributed by atoms with van der Waals surface area (Å²) in [4.78, 5) is 12.1. The van der Waals surface area contributed by atoms with Gasteiger partial charge in [-0.3, -0.25) is 4.79 Å². The molecule has 5 heteroatoms. The van der Waals surface area contributed by atoms with E-state index in [0.717, 1.165) is 10.2 Å². The lowest BCUT2D eigenvalue weighted by Crippen LogP contribution is -2.30. The SMILES string of the molecule is COc1ccc(O[C@H](C)C(=O)Nc2ccccc2Br)cc1. The van der Waals surface area contributed by atoms with Gasteiger partial charge in [-0.15, -0.1) is 0 Å². The van der Waals surface area contributed by atoms with Gasteiger partial charge in [-0.25, -0.2) is 0 Å². The Morgan fingerprint density at radius 1 is 1.10 bits per heavy atom. The number of hydrogen-bond donors (Lipinski definition) is 1. The Morgan fingerprint density at radius 2 is 1.71 bits per heavy atom. The van der Waals surface area contributed by atoms with Crippen LogP contribution in [-0.2, 0) is 4.79 Å². The Balaban J connectivity index is 1.97. The molecular weight excluding hydrogens is 334 g/mol. The van der Waals surface area contributed by atoms with Crippen molar-refractivity contribution in [3.05, 3.63) is 53.0 Å². The molecule has 21 heavy (non-hydrogen) atoms. The van der Waals surface area contributed by atoms with Crippen LogP contribution in [-0.4, -0.2) is 19.1 Å². The predicted molar refractivity (Wildman–Crippen MR) is 85.9 cm³/mol. The van der Waals surface area contributed by atoms with Crippen LogP contribution in [0.25, 0.3) is 0 Å². The molecule has 2 aromatic rings. The number of hydrogen-bond acceptors (Lipinski definition) is 3. The van der Waals surface area contributed by atoms with Gasteiger partial charge in [0.15, 0.2) is 6.10 Å². The van der Waals surface area contributed by atoms with Gasteiger partial charge in [0.1, 0.15) is 11.5 Å². The number of benzene rings is 2. The highest BCUT2D eigenvalue weighted by molar-refractivity contribution is 9.10. The standard InChI is InChI=1S/C16H16BrNO3/c1-11(21-13-9-7-12(20-2)8-10-13)16(19)18-15-6-4-3-5-14(15)17/h3-11H,1-2H3,(H,18,19)/t11-/m1/s1. The Hall–Kier alpha value is -2.01. The topological polar surface area (TPSA) is 47.6 Å². The van der Waals surface area contributed by atoms with E-state index in [0.29, 0.717) is 11.4 Å². The molecule has 1 amide bonds. The van der Waals surface area contributed by atoms with Crippen LogP contribution < -0.4 is 14.8 Å². The number of nitrogens with one attached hydrogen (secondary N) is 1. The first-order chi connectivity index (χ1) is 10.1. The number of halogens is 1. The summed E-state index contributed by atoms with van der Waals surface area (Å²) >= 11 is 3.39. The quantitative estimate of drug-likeness (QED) is 0.891. The van der Waals surface area contributed by atoms with Gasteiger partial charge < -0.3 is 14.8 Å². The molecule has 2 rings (SSSR count). The third-order valence-corrected chi connectivity index (χ3v) is 3.56. The minimum atomic E-state index is -0.606. The van der Waals surface area contributed by atoms with Crippen LogP contribution >= 0.6 is 15.9 Å². The van der Waals surface area contributed by atoms with Crippen molar-refractivity contribution in [1.82, 2.24) is 0 Å². The Kier molecular flexibility index (Phi) is 5.22. The maximum atomic E-state index is 12.1. The van der Waals surface area contributed by atoms with Crippen LogP contribution in [0.15, 0.2) is 53.0 Å². The van der Waals surface area contributed by atoms with Crippen molar-refractivity contribution in [3.63, 3.8) is 0 Å². The summed E-state index contributed by atoms with van der Waals surface area (Å²) in [6, 6.07) is 14.5. The highest BCUT2D eigenvalue weighted by atomic mass is 79.9. The number of carbonyl (C=O) groups excluding carboxylic acids is 1. The number of methoxy groups -OCH3 is 1. The molecule has 2 aromatic carbocycles. The lowest BCUT2D eigenvalue weighted by atomic mass is 10.3. The van der Waals surface area contributed by atoms with Crippen molar-refractivity contribution in [3.8, 4) is 11.5 Å². The maximum absolute atomic E-state index is 12.1. The normalized spacial score (nSPS) is 11.6. The van der Waals surface area contributed by atoms with Crippen LogP contribution in [0.4, 0.5) is 5.69 Å². The van der Waals surface area contributed by atoms with Gasteiger partial charge in [-0.1, -0.05) is 12.1 Å². The second kappa shape index (κ2) is 7.13. The highest BCUT2D eigenvalue weighted by Gasteiger charge is 2.15. The molecule has 0 bridgehead atoms. The van der Waals surface area contributed by atoms with Crippen LogP contribution in [0.3, 0.4) is 0 Å². The van der Waals surface area contributed by atoms with Crippen molar-refractivity contribution < 1.29 is 14.3 Å². The molecule has 0 fully saturated rings. The monoisotopic (exact) mass is 349 g/mol. The summed E-state index contributed by atoms with van der Waals surface area (Å²) in [6.07, 6.45) is -0.606. The number of ether oxygens (including phenoxy) is 2. The highest BCUT2D eigenvalue weighted by Crippen LogP contribution is 2.22. The zero-order valence-corrected chi connectivity index (χ0v) is 13.4. The van der Waals surface area contributed by atoms with E-state index in [1.54, 1.807) is 38.3 Å². The summed E-state index contributed by atoms with van der Waals surface area (Å²) < 4.78 is 11.5. The van der Waals surface area contributed by atoms with E-state index in [9.17, 15) is 4.79 Å². The van der Waals surface area contributed by atoms with E-state index < -0.39 is 6.10 Å². The van der Waals surface area contributed by atoms with Gasteiger partial charge >= 0.3 is 0 Å². The van der Waals surface area contributed by atoms with E-state index in [1.165, 1.54) is 0 Å². The third kappa shape index (κ3) is 4.23. The van der Waals surface area contributed by atoms with Crippen LogP contribution in [0.2, 0.25) is 0 Å². The van der Waals surface area contributed by atoms with Crippen molar-refractivity contribution >= 4 is 27.5 Å². The predicted octanol–water partition coefficient (Wildman–Crippen LogP) is 3.86. The van der Waals surface area contributed by atoms with Gasteiger partial charge in [0.05, 0.1) is 12.8 Å². The first-order valence-electron chi connectivity index (χ1n) is 6.46. The number of amides is 1. The summed E-state index contributed by atoms with van der Waals surface area (Å²) in [5.74, 6) is 1.15. The molecule has 0 saturated heterocycles. The van der Waals surface area contributed by atoms with E-state index >= 15 is 0 Å². The molecule has 0 radical (unpaired) electrons. The van der Waals surface area contributed by atoms with Crippen LogP contribution in [0.5, 0.6) is 11.5 Å². The summed E-state index contributed by atoms with van der Waals surface area (Å²) in [6.45, 7) is 1.70. The minimum Gasteiger partial charge on any atom is -0.497 e. The summed E-state index contributed by atoms with van der Waals surface area (Å²) in [5, 5.41) is 2.82. The Labute approximate surface area is 132 Å². The lowest BCUT2D eigenvalue weighted by molar-refractivity contribution is -0.122. The molecule has 0 heterocycles. The third-order valence-electron chi connectivity index (χ3n) is 2.87. The van der Waals surface area contributed by atoms with Gasteiger partial charge in [0, 0.05) is 4.47 Å². The second-order valence-corrected chi connectivity index (χ2v) is 5.26. The molecular formula is C16H16BrNO3. The zero-order chi connectivity index (χ0) is 15.2. The number of para-hydroxylation sites is 1. The van der Waals surface area contributed by atoms with Gasteiger partial charge in [-0.05, 0) is 59.3 Å². The second-order valence-electron chi connectivity index (χ2n) is 4.40. The smallest absolute Gasteiger partial charge is 0.265 e. The molecule has 0 aliphatic rings. The maximum Gasteiger partial charge on any atom is 0.265 e. The lowest BCUT2D eigenvalue weighted by Gasteiger charge is -2.15. The fraction of sp³-hybridized carbons (Fsp3) is 0.188. The van der Waals surface area contributed by atoms with Gasteiger partial charge in [0.25, 0.3) is 5.91 Å². The molecule has 1 atom stereocenters. The first kappa shape index (κ1) is 15.4. The van der Waals surface area contributed by atoms with E-state index in [1.807, 2.05) is 24.3 Å². The van der Waals surface area contributed by atoms with Gasteiger partial charge in [-0.2, -0.15) is 0 Å².